The fraction of sp³-hybridized carbons (Fsp3) is 0.344. The third kappa shape index (κ3) is 6.20. The maximum atomic E-state index is 13.0. The first-order valence-electron chi connectivity index (χ1n) is 13.7. The first-order valence-corrected chi connectivity index (χ1v) is 13.7. The zero-order valence-electron chi connectivity index (χ0n) is 22.9. The van der Waals surface area contributed by atoms with E-state index < -0.39 is 0 Å². The summed E-state index contributed by atoms with van der Waals surface area (Å²) >= 11 is 0. The Morgan fingerprint density at radius 2 is 1.49 bits per heavy atom. The zero-order valence-corrected chi connectivity index (χ0v) is 22.9. The molecule has 1 atom stereocenters. The number of nitrogens with one attached hydrogen (secondary N) is 1. The molecule has 0 radical (unpaired) electrons. The van der Waals surface area contributed by atoms with Crippen LogP contribution in [0.5, 0.6) is 11.5 Å². The summed E-state index contributed by atoms with van der Waals surface area (Å²) < 4.78 is 10.7. The first kappa shape index (κ1) is 26.6. The molecule has 2 heterocycles. The van der Waals surface area contributed by atoms with Gasteiger partial charge in [0.15, 0.2) is 0 Å². The van der Waals surface area contributed by atoms with Gasteiger partial charge < -0.3 is 19.7 Å². The molecule has 1 saturated heterocycles. The molecule has 1 aliphatic heterocycles. The topological polar surface area (TPSA) is 76.6 Å². The van der Waals surface area contributed by atoms with Crippen molar-refractivity contribution in [2.45, 2.75) is 38.6 Å². The molecule has 39 heavy (non-hydrogen) atoms. The number of aromatic nitrogens is 2. The van der Waals surface area contributed by atoms with Crippen molar-refractivity contribution in [3.05, 3.63) is 72.3 Å². The van der Waals surface area contributed by atoms with Crippen molar-refractivity contribution in [1.82, 2.24) is 20.2 Å². The van der Waals surface area contributed by atoms with Crippen molar-refractivity contribution < 1.29 is 14.3 Å². The van der Waals surface area contributed by atoms with Gasteiger partial charge in [0.25, 0.3) is 5.91 Å². The second-order valence-electron chi connectivity index (χ2n) is 10.1. The highest BCUT2D eigenvalue weighted by molar-refractivity contribution is 5.98. The molecule has 1 unspecified atom stereocenters. The summed E-state index contributed by atoms with van der Waals surface area (Å²) in [5.41, 5.74) is 5.34. The van der Waals surface area contributed by atoms with Gasteiger partial charge in [0.2, 0.25) is 0 Å². The third-order valence-corrected chi connectivity index (χ3v) is 7.50. The maximum Gasteiger partial charge on any atom is 0.251 e. The van der Waals surface area contributed by atoms with Crippen LogP contribution in [0.15, 0.2) is 66.7 Å². The molecule has 1 amide bonds. The molecular formula is C32H36N4O3. The minimum absolute atomic E-state index is 0.0874. The Morgan fingerprint density at radius 1 is 0.872 bits per heavy atom. The van der Waals surface area contributed by atoms with Crippen LogP contribution in [0.4, 0.5) is 0 Å². The van der Waals surface area contributed by atoms with Gasteiger partial charge in [0.1, 0.15) is 11.5 Å². The first-order chi connectivity index (χ1) is 19.1. The van der Waals surface area contributed by atoms with E-state index in [4.69, 9.17) is 19.4 Å². The minimum Gasteiger partial charge on any atom is -0.497 e. The van der Waals surface area contributed by atoms with Crippen molar-refractivity contribution in [1.29, 1.82) is 0 Å². The van der Waals surface area contributed by atoms with Crippen molar-refractivity contribution in [2.24, 2.45) is 0 Å². The summed E-state index contributed by atoms with van der Waals surface area (Å²) in [5.74, 6) is 1.46. The van der Waals surface area contributed by atoms with Crippen LogP contribution in [0.3, 0.4) is 0 Å². The normalized spacial score (nSPS) is 15.7. The molecule has 0 aliphatic carbocycles. The highest BCUT2D eigenvalue weighted by atomic mass is 16.5. The summed E-state index contributed by atoms with van der Waals surface area (Å²) in [7, 11) is 3.30. The second kappa shape index (κ2) is 12.3. The highest BCUT2D eigenvalue weighted by Crippen LogP contribution is 2.33. The van der Waals surface area contributed by atoms with Crippen LogP contribution in [0.1, 0.15) is 43.0 Å². The van der Waals surface area contributed by atoms with E-state index in [2.05, 4.69) is 17.1 Å². The third-order valence-electron chi connectivity index (χ3n) is 7.50. The second-order valence-corrected chi connectivity index (χ2v) is 10.1. The molecule has 0 saturated carbocycles. The Bertz CT molecular complexity index is 1420. The van der Waals surface area contributed by atoms with Crippen LogP contribution in [-0.2, 0) is 0 Å². The zero-order chi connectivity index (χ0) is 27.2. The van der Waals surface area contributed by atoms with Gasteiger partial charge in [-0.2, -0.15) is 0 Å². The van der Waals surface area contributed by atoms with Crippen molar-refractivity contribution in [3.8, 4) is 34.0 Å². The number of hydrogen-bond donors (Lipinski definition) is 1. The van der Waals surface area contributed by atoms with Crippen LogP contribution >= 0.6 is 0 Å². The maximum absolute atomic E-state index is 13.0. The monoisotopic (exact) mass is 524 g/mol. The Kier molecular flexibility index (Phi) is 8.37. The predicted octanol–water partition coefficient (Wildman–Crippen LogP) is 5.98. The van der Waals surface area contributed by atoms with E-state index >= 15 is 0 Å². The van der Waals surface area contributed by atoms with E-state index in [0.717, 1.165) is 59.0 Å². The lowest BCUT2D eigenvalue weighted by Gasteiger charge is -2.33. The standard InChI is InChI=1S/C32H36N4O3/c1-22-7-4-5-19-36(22)20-6-18-33-32(37)25-12-17-28-29(21-25)35-31(24-10-15-27(39-3)16-11-24)30(34-28)23-8-13-26(38-2)14-9-23/h8-17,21-22H,4-7,18-20H2,1-3H3,(H,33,37). The summed E-state index contributed by atoms with van der Waals surface area (Å²) in [6.45, 7) is 5.13. The van der Waals surface area contributed by atoms with Crippen LogP contribution in [-0.4, -0.2) is 60.7 Å². The molecule has 0 bridgehead atoms. The number of likely N-dealkylation sites (tertiary alicyclic amines) is 1. The average Bonchev–Trinajstić information content (AvgIpc) is 2.99. The molecule has 202 valence electrons. The van der Waals surface area contributed by atoms with E-state index in [0.29, 0.717) is 23.7 Å². The summed E-state index contributed by atoms with van der Waals surface area (Å²) in [6, 6.07) is 21.7. The number of carbonyl (C=O) groups is 1. The van der Waals surface area contributed by atoms with E-state index in [1.54, 1.807) is 14.2 Å². The summed E-state index contributed by atoms with van der Waals surface area (Å²) in [5, 5.41) is 3.09. The smallest absolute Gasteiger partial charge is 0.251 e. The lowest BCUT2D eigenvalue weighted by molar-refractivity contribution is 0.0949. The average molecular weight is 525 g/mol. The van der Waals surface area contributed by atoms with Gasteiger partial charge in [-0.25, -0.2) is 9.97 Å². The van der Waals surface area contributed by atoms with Crippen molar-refractivity contribution in [2.75, 3.05) is 33.9 Å². The molecule has 1 N–H and O–H groups in total. The Morgan fingerprint density at radius 3 is 2.08 bits per heavy atom. The number of fused-ring (bicyclic) bond motifs is 1. The van der Waals surface area contributed by atoms with Gasteiger partial charge in [-0.1, -0.05) is 6.42 Å². The van der Waals surface area contributed by atoms with Crippen LogP contribution in [0.2, 0.25) is 0 Å². The van der Waals surface area contributed by atoms with Gasteiger partial charge >= 0.3 is 0 Å². The Hall–Kier alpha value is -3.97. The summed E-state index contributed by atoms with van der Waals surface area (Å²) in [4.78, 5) is 25.5. The van der Waals surface area contributed by atoms with Crippen molar-refractivity contribution in [3.63, 3.8) is 0 Å². The Balaban J connectivity index is 1.39. The van der Waals surface area contributed by atoms with Crippen LogP contribution < -0.4 is 14.8 Å². The van der Waals surface area contributed by atoms with Crippen molar-refractivity contribution >= 4 is 16.9 Å². The quantitative estimate of drug-likeness (QED) is 0.272. The van der Waals surface area contributed by atoms with Crippen LogP contribution in [0, 0.1) is 0 Å². The van der Waals surface area contributed by atoms with Gasteiger partial charge in [-0.15, -0.1) is 0 Å². The number of ether oxygens (including phenoxy) is 2. The molecule has 4 aromatic rings. The van der Waals surface area contributed by atoms with Crippen LogP contribution in [0.25, 0.3) is 33.5 Å². The van der Waals surface area contributed by atoms with Gasteiger partial charge in [0.05, 0.1) is 36.6 Å². The van der Waals surface area contributed by atoms with E-state index in [1.165, 1.54) is 19.3 Å². The fourth-order valence-corrected chi connectivity index (χ4v) is 5.17. The number of amides is 1. The van der Waals surface area contributed by atoms with E-state index in [9.17, 15) is 4.79 Å². The molecule has 7 nitrogen and oxygen atoms in total. The number of benzene rings is 3. The lowest BCUT2D eigenvalue weighted by atomic mass is 10.0. The van der Waals surface area contributed by atoms with E-state index in [1.807, 2.05) is 66.7 Å². The molecule has 7 heteroatoms. The number of rotatable bonds is 9. The lowest BCUT2D eigenvalue weighted by Crippen LogP contribution is -2.39. The fourth-order valence-electron chi connectivity index (χ4n) is 5.17. The van der Waals surface area contributed by atoms with Gasteiger partial charge in [-0.05, 0) is 99.5 Å². The van der Waals surface area contributed by atoms with Gasteiger partial charge in [-0.3, -0.25) is 4.79 Å². The largest absolute Gasteiger partial charge is 0.497 e. The summed E-state index contributed by atoms with van der Waals surface area (Å²) in [6.07, 6.45) is 4.80. The number of nitrogens with zero attached hydrogens (tertiary/aromatic N) is 3. The van der Waals surface area contributed by atoms with E-state index in [-0.39, 0.29) is 5.91 Å². The minimum atomic E-state index is -0.0874. The Labute approximate surface area is 230 Å². The molecule has 0 spiro atoms. The predicted molar refractivity (Wildman–Crippen MR) is 155 cm³/mol. The molecule has 3 aromatic carbocycles. The molecule has 1 fully saturated rings. The number of carbonyl (C=O) groups excluding carboxylic acids is 1. The van der Waals surface area contributed by atoms with Gasteiger partial charge in [0, 0.05) is 35.8 Å². The molecule has 1 aliphatic rings. The SMILES string of the molecule is COc1ccc(-c2nc3ccc(C(=O)NCCCN4CCCCC4C)cc3nc2-c2ccc(OC)cc2)cc1. The molecule has 1 aromatic heterocycles. The molecular weight excluding hydrogens is 488 g/mol. The number of hydrogen-bond acceptors (Lipinski definition) is 6. The number of piperidine rings is 1. The number of methoxy groups -OCH3 is 2. The molecule has 5 rings (SSSR count). The highest BCUT2D eigenvalue weighted by Gasteiger charge is 2.18.